The van der Waals surface area contributed by atoms with Crippen LogP contribution in [0.4, 0.5) is 14.5 Å². The van der Waals surface area contributed by atoms with Crippen LogP contribution < -0.4 is 5.32 Å². The number of nitrogens with one attached hydrogen (secondary N) is 1. The topological polar surface area (TPSA) is 56.1 Å². The first-order valence-corrected chi connectivity index (χ1v) is 5.81. The first-order valence-electron chi connectivity index (χ1n) is 5.81. The summed E-state index contributed by atoms with van der Waals surface area (Å²) < 4.78 is 33.5. The molecular formula is C13H13F2N3O2. The number of hydrogen-bond acceptors (Lipinski definition) is 4. The molecule has 1 N–H and O–H groups in total. The van der Waals surface area contributed by atoms with Gasteiger partial charge in [-0.3, -0.25) is 4.68 Å². The van der Waals surface area contributed by atoms with E-state index in [1.807, 2.05) is 0 Å². The molecule has 0 amide bonds. The molecule has 5 nitrogen and oxygen atoms in total. The van der Waals surface area contributed by atoms with Crippen molar-refractivity contribution in [2.75, 3.05) is 12.4 Å². The summed E-state index contributed by atoms with van der Waals surface area (Å²) in [5.74, 6) is -3.26. The van der Waals surface area contributed by atoms with Crippen molar-refractivity contribution in [2.24, 2.45) is 7.05 Å². The molecule has 0 aliphatic rings. The molecule has 2 rings (SSSR count). The van der Waals surface area contributed by atoms with Gasteiger partial charge in [0.05, 0.1) is 30.6 Å². The average Bonchev–Trinajstić information content (AvgIpc) is 2.85. The minimum absolute atomic E-state index is 0.0312. The molecule has 2 aromatic rings. The number of hydrogen-bond donors (Lipinski definition) is 1. The van der Waals surface area contributed by atoms with E-state index in [0.717, 1.165) is 12.8 Å². The van der Waals surface area contributed by atoms with Gasteiger partial charge < -0.3 is 10.1 Å². The van der Waals surface area contributed by atoms with Gasteiger partial charge in [0.25, 0.3) is 0 Å². The normalized spacial score (nSPS) is 10.4. The van der Waals surface area contributed by atoms with Crippen molar-refractivity contribution in [3.8, 4) is 0 Å². The molecule has 0 aliphatic carbocycles. The lowest BCUT2D eigenvalue weighted by Gasteiger charge is -2.10. The van der Waals surface area contributed by atoms with E-state index in [0.29, 0.717) is 0 Å². The van der Waals surface area contributed by atoms with E-state index in [1.54, 1.807) is 24.0 Å². The molecule has 0 radical (unpaired) electrons. The lowest BCUT2D eigenvalue weighted by atomic mass is 10.1. The van der Waals surface area contributed by atoms with Crippen molar-refractivity contribution < 1.29 is 18.3 Å². The van der Waals surface area contributed by atoms with Gasteiger partial charge in [-0.25, -0.2) is 13.6 Å². The molecule has 106 valence electrons. The van der Waals surface area contributed by atoms with E-state index in [1.165, 1.54) is 12.1 Å². The SMILES string of the molecule is COC(=O)c1ccc(NCc2ccnn2C)c(F)c1F. The molecule has 7 heteroatoms. The van der Waals surface area contributed by atoms with Gasteiger partial charge in [-0.15, -0.1) is 0 Å². The Kier molecular flexibility index (Phi) is 3.97. The fourth-order valence-corrected chi connectivity index (χ4v) is 1.71. The van der Waals surface area contributed by atoms with E-state index < -0.39 is 23.2 Å². The molecule has 20 heavy (non-hydrogen) atoms. The third kappa shape index (κ3) is 2.61. The van der Waals surface area contributed by atoms with E-state index in [9.17, 15) is 13.6 Å². The van der Waals surface area contributed by atoms with E-state index >= 15 is 0 Å². The Morgan fingerprint density at radius 2 is 2.10 bits per heavy atom. The minimum atomic E-state index is -1.23. The second kappa shape index (κ2) is 5.68. The fourth-order valence-electron chi connectivity index (χ4n) is 1.71. The molecule has 0 fully saturated rings. The van der Waals surface area contributed by atoms with Gasteiger partial charge in [0.15, 0.2) is 11.6 Å². The molecule has 1 heterocycles. The zero-order valence-corrected chi connectivity index (χ0v) is 11.0. The van der Waals surface area contributed by atoms with E-state index in [4.69, 9.17) is 0 Å². The summed E-state index contributed by atoms with van der Waals surface area (Å²) >= 11 is 0. The minimum Gasteiger partial charge on any atom is -0.465 e. The van der Waals surface area contributed by atoms with Crippen LogP contribution in [0.15, 0.2) is 24.4 Å². The van der Waals surface area contributed by atoms with E-state index in [-0.39, 0.29) is 12.2 Å². The maximum atomic E-state index is 13.8. The van der Waals surface area contributed by atoms with Crippen LogP contribution in [0.3, 0.4) is 0 Å². The van der Waals surface area contributed by atoms with Crippen molar-refractivity contribution in [3.05, 3.63) is 47.3 Å². The molecule has 0 bridgehead atoms. The Hall–Kier alpha value is -2.44. The van der Waals surface area contributed by atoms with Gasteiger partial charge >= 0.3 is 5.97 Å². The van der Waals surface area contributed by atoms with Crippen LogP contribution in [0.25, 0.3) is 0 Å². The highest BCUT2D eigenvalue weighted by Crippen LogP contribution is 2.21. The van der Waals surface area contributed by atoms with Crippen LogP contribution in [0.2, 0.25) is 0 Å². The maximum absolute atomic E-state index is 13.8. The van der Waals surface area contributed by atoms with Crippen molar-refractivity contribution >= 4 is 11.7 Å². The Morgan fingerprint density at radius 3 is 2.70 bits per heavy atom. The number of methoxy groups -OCH3 is 1. The van der Waals surface area contributed by atoms with Gasteiger partial charge in [0, 0.05) is 13.2 Å². The Bertz CT molecular complexity index is 641. The number of halogens is 2. The van der Waals surface area contributed by atoms with Gasteiger partial charge in [0.2, 0.25) is 0 Å². The lowest BCUT2D eigenvalue weighted by Crippen LogP contribution is -2.10. The summed E-state index contributed by atoms with van der Waals surface area (Å²) in [6.45, 7) is 0.282. The number of benzene rings is 1. The molecule has 0 atom stereocenters. The summed E-state index contributed by atoms with van der Waals surface area (Å²) in [7, 11) is 2.85. The second-order valence-electron chi connectivity index (χ2n) is 4.08. The number of rotatable bonds is 4. The summed E-state index contributed by atoms with van der Waals surface area (Å²) in [6, 6.07) is 4.22. The highest BCUT2D eigenvalue weighted by atomic mass is 19.2. The monoisotopic (exact) mass is 281 g/mol. The maximum Gasteiger partial charge on any atom is 0.340 e. The number of aryl methyl sites for hydroxylation is 1. The van der Waals surface area contributed by atoms with Crippen molar-refractivity contribution in [3.63, 3.8) is 0 Å². The van der Waals surface area contributed by atoms with Gasteiger partial charge in [0.1, 0.15) is 0 Å². The van der Waals surface area contributed by atoms with Gasteiger partial charge in [-0.1, -0.05) is 0 Å². The number of ether oxygens (including phenoxy) is 1. The predicted molar refractivity (Wildman–Crippen MR) is 68.2 cm³/mol. The number of anilines is 1. The molecule has 0 saturated heterocycles. The van der Waals surface area contributed by atoms with Gasteiger partial charge in [-0.05, 0) is 18.2 Å². The van der Waals surface area contributed by atoms with Crippen molar-refractivity contribution in [2.45, 2.75) is 6.54 Å². The molecule has 0 saturated carbocycles. The molecule has 1 aromatic carbocycles. The standard InChI is InChI=1S/C13H13F2N3O2/c1-18-8(5-6-17-18)7-16-10-4-3-9(13(19)20-2)11(14)12(10)15/h3-6,16H,7H2,1-2H3. The van der Waals surface area contributed by atoms with Gasteiger partial charge in [-0.2, -0.15) is 5.10 Å². The molecule has 1 aromatic heterocycles. The third-order valence-corrected chi connectivity index (χ3v) is 2.87. The van der Waals surface area contributed by atoms with Crippen LogP contribution in [0, 0.1) is 11.6 Å². The summed E-state index contributed by atoms with van der Waals surface area (Å²) in [5, 5.41) is 6.72. The second-order valence-corrected chi connectivity index (χ2v) is 4.08. The van der Waals surface area contributed by atoms with Crippen molar-refractivity contribution in [1.29, 1.82) is 0 Å². The number of nitrogens with zero attached hydrogens (tertiary/aromatic N) is 2. The smallest absolute Gasteiger partial charge is 0.340 e. The molecular weight excluding hydrogens is 268 g/mol. The van der Waals surface area contributed by atoms with Crippen LogP contribution >= 0.6 is 0 Å². The Morgan fingerprint density at radius 1 is 1.35 bits per heavy atom. The fraction of sp³-hybridized carbons (Fsp3) is 0.231. The zero-order valence-electron chi connectivity index (χ0n) is 11.0. The average molecular weight is 281 g/mol. The van der Waals surface area contributed by atoms with E-state index in [2.05, 4.69) is 15.2 Å². The largest absolute Gasteiger partial charge is 0.465 e. The molecule has 0 unspecified atom stereocenters. The first-order chi connectivity index (χ1) is 9.54. The first kappa shape index (κ1) is 14.0. The van der Waals surface area contributed by atoms with Crippen LogP contribution in [0.1, 0.15) is 16.1 Å². The van der Waals surface area contributed by atoms with Crippen LogP contribution in [-0.2, 0) is 18.3 Å². The third-order valence-electron chi connectivity index (χ3n) is 2.87. The highest BCUT2D eigenvalue weighted by Gasteiger charge is 2.19. The summed E-state index contributed by atoms with van der Waals surface area (Å²) in [5.41, 5.74) is 0.342. The quantitative estimate of drug-likeness (QED) is 0.872. The number of carbonyl (C=O) groups is 1. The van der Waals surface area contributed by atoms with Crippen LogP contribution in [-0.4, -0.2) is 22.9 Å². The van der Waals surface area contributed by atoms with Crippen molar-refractivity contribution in [1.82, 2.24) is 9.78 Å². The van der Waals surface area contributed by atoms with Crippen LogP contribution in [0.5, 0.6) is 0 Å². The molecule has 0 spiro atoms. The Labute approximate surface area is 114 Å². The Balaban J connectivity index is 2.19. The number of aromatic nitrogens is 2. The summed E-state index contributed by atoms with van der Waals surface area (Å²) in [4.78, 5) is 11.2. The summed E-state index contributed by atoms with van der Waals surface area (Å²) in [6.07, 6.45) is 1.61. The number of carbonyl (C=O) groups excluding carboxylic acids is 1. The lowest BCUT2D eigenvalue weighted by molar-refractivity contribution is 0.0594. The predicted octanol–water partition coefficient (Wildman–Crippen LogP) is 2.10. The molecule has 0 aliphatic heterocycles. The highest BCUT2D eigenvalue weighted by molar-refractivity contribution is 5.90. The zero-order chi connectivity index (χ0) is 14.7. The number of esters is 1.